The Morgan fingerprint density at radius 3 is 2.69 bits per heavy atom. The number of aryl methyl sites for hydroxylation is 1. The Morgan fingerprint density at radius 1 is 1.21 bits per heavy atom. The molecule has 2 aromatic carbocycles. The number of aldehydes is 1. The van der Waals surface area contributed by atoms with Gasteiger partial charge < -0.3 is 14.6 Å². The molecule has 2 aliphatic rings. The molecule has 4 rings (SSSR count). The molecular formula is C24H26O5. The molecule has 0 bridgehead atoms. The third-order valence-corrected chi connectivity index (χ3v) is 6.21. The highest BCUT2D eigenvalue weighted by molar-refractivity contribution is 5.79. The summed E-state index contributed by atoms with van der Waals surface area (Å²) in [4.78, 5) is 23.3. The van der Waals surface area contributed by atoms with Gasteiger partial charge in [0.05, 0.1) is 18.6 Å². The molecule has 0 amide bonds. The van der Waals surface area contributed by atoms with Gasteiger partial charge in [-0.1, -0.05) is 25.1 Å². The van der Waals surface area contributed by atoms with E-state index in [9.17, 15) is 14.7 Å². The number of benzene rings is 2. The molecule has 29 heavy (non-hydrogen) atoms. The second-order valence-corrected chi connectivity index (χ2v) is 8.12. The van der Waals surface area contributed by atoms with Crippen molar-refractivity contribution in [1.82, 2.24) is 0 Å². The second-order valence-electron chi connectivity index (χ2n) is 8.12. The fourth-order valence-corrected chi connectivity index (χ4v) is 4.45. The van der Waals surface area contributed by atoms with Crippen molar-refractivity contribution < 1.29 is 24.2 Å². The minimum Gasteiger partial charge on any atom is -0.507 e. The molecule has 0 spiro atoms. The van der Waals surface area contributed by atoms with E-state index in [1.807, 2.05) is 6.92 Å². The minimum absolute atomic E-state index is 0.0219. The summed E-state index contributed by atoms with van der Waals surface area (Å²) in [6.45, 7) is 1.94. The number of hydrogen-bond donors (Lipinski definition) is 1. The van der Waals surface area contributed by atoms with Gasteiger partial charge in [-0.05, 0) is 72.4 Å². The third kappa shape index (κ3) is 3.86. The summed E-state index contributed by atoms with van der Waals surface area (Å²) in [6.07, 6.45) is 4.43. The van der Waals surface area contributed by atoms with Gasteiger partial charge >= 0.3 is 5.97 Å². The quantitative estimate of drug-likeness (QED) is 0.574. The van der Waals surface area contributed by atoms with Gasteiger partial charge in [0.15, 0.2) is 6.29 Å². The van der Waals surface area contributed by atoms with Gasteiger partial charge in [-0.3, -0.25) is 9.59 Å². The van der Waals surface area contributed by atoms with Crippen molar-refractivity contribution in [2.75, 3.05) is 7.11 Å². The zero-order valence-corrected chi connectivity index (χ0v) is 16.8. The molecule has 2 aromatic rings. The van der Waals surface area contributed by atoms with Crippen LogP contribution in [0.3, 0.4) is 0 Å². The standard InChI is InChI=1S/C24H26O5/c1-14(24(27)28-2)23(16-4-5-16)18-6-3-15-8-10-21(29-22(15)12-18)17-7-9-20(26)19(11-17)13-25/h3,6-7,9,11-14,16,21,23,26H,4-5,8,10H2,1-2H3/t14?,21-,23?/m1/s1. The Balaban J connectivity index is 1.61. The van der Waals surface area contributed by atoms with Crippen molar-refractivity contribution in [3.63, 3.8) is 0 Å². The van der Waals surface area contributed by atoms with Crippen LogP contribution in [0, 0.1) is 11.8 Å². The van der Waals surface area contributed by atoms with Crippen molar-refractivity contribution >= 4 is 12.3 Å². The van der Waals surface area contributed by atoms with E-state index in [0.29, 0.717) is 12.2 Å². The van der Waals surface area contributed by atoms with Crippen LogP contribution in [0.25, 0.3) is 0 Å². The van der Waals surface area contributed by atoms with Crippen LogP contribution in [0.2, 0.25) is 0 Å². The van der Waals surface area contributed by atoms with Gasteiger partial charge in [-0.2, -0.15) is 0 Å². The second kappa shape index (κ2) is 7.90. The van der Waals surface area contributed by atoms with Crippen LogP contribution < -0.4 is 4.74 Å². The molecule has 3 atom stereocenters. The van der Waals surface area contributed by atoms with Crippen LogP contribution in [-0.4, -0.2) is 24.5 Å². The summed E-state index contributed by atoms with van der Waals surface area (Å²) in [5.74, 6) is 1.08. The number of methoxy groups -OCH3 is 1. The topological polar surface area (TPSA) is 72.8 Å². The maximum absolute atomic E-state index is 12.2. The van der Waals surface area contributed by atoms with Gasteiger partial charge in [0.1, 0.15) is 17.6 Å². The highest BCUT2D eigenvalue weighted by Crippen LogP contribution is 2.48. The van der Waals surface area contributed by atoms with Crippen molar-refractivity contribution in [2.24, 2.45) is 11.8 Å². The number of ether oxygens (including phenoxy) is 2. The van der Waals surface area contributed by atoms with E-state index in [2.05, 4.69) is 18.2 Å². The fourth-order valence-electron chi connectivity index (χ4n) is 4.45. The number of aromatic hydroxyl groups is 1. The first-order valence-electron chi connectivity index (χ1n) is 10.2. The molecule has 0 saturated heterocycles. The molecule has 0 radical (unpaired) electrons. The summed E-state index contributed by atoms with van der Waals surface area (Å²) in [5, 5.41) is 9.75. The molecule has 1 aliphatic carbocycles. The molecule has 1 saturated carbocycles. The average Bonchev–Trinajstić information content (AvgIpc) is 3.58. The van der Waals surface area contributed by atoms with Crippen LogP contribution >= 0.6 is 0 Å². The molecule has 1 heterocycles. The molecule has 0 aromatic heterocycles. The third-order valence-electron chi connectivity index (χ3n) is 6.21. The predicted molar refractivity (Wildman–Crippen MR) is 108 cm³/mol. The van der Waals surface area contributed by atoms with Gasteiger partial charge in [0.25, 0.3) is 0 Å². The van der Waals surface area contributed by atoms with Crippen molar-refractivity contribution in [3.05, 3.63) is 58.7 Å². The Morgan fingerprint density at radius 2 is 2.00 bits per heavy atom. The van der Waals surface area contributed by atoms with Crippen LogP contribution in [0.4, 0.5) is 0 Å². The average molecular weight is 394 g/mol. The largest absolute Gasteiger partial charge is 0.507 e. The fraction of sp³-hybridized carbons (Fsp3) is 0.417. The SMILES string of the molecule is COC(=O)C(C)C(c1ccc2c(c1)O[C@@H](c1ccc(O)c(C=O)c1)CC2)C1CC1. The monoisotopic (exact) mass is 394 g/mol. The molecule has 152 valence electrons. The van der Waals surface area contributed by atoms with Gasteiger partial charge in [0.2, 0.25) is 0 Å². The number of carbonyl (C=O) groups is 2. The first-order valence-corrected chi connectivity index (χ1v) is 10.2. The molecule has 1 aliphatic heterocycles. The van der Waals surface area contributed by atoms with Crippen molar-refractivity contribution in [2.45, 2.75) is 44.6 Å². The lowest BCUT2D eigenvalue weighted by molar-refractivity contribution is -0.145. The van der Waals surface area contributed by atoms with E-state index >= 15 is 0 Å². The number of phenolic OH excluding ortho intramolecular Hbond substituents is 1. The lowest BCUT2D eigenvalue weighted by atomic mass is 9.82. The van der Waals surface area contributed by atoms with Gasteiger partial charge in [0, 0.05) is 0 Å². The molecular weight excluding hydrogens is 368 g/mol. The Hall–Kier alpha value is -2.82. The highest BCUT2D eigenvalue weighted by atomic mass is 16.5. The number of fused-ring (bicyclic) bond motifs is 1. The lowest BCUT2D eigenvalue weighted by Crippen LogP contribution is -2.23. The smallest absolute Gasteiger partial charge is 0.309 e. The van der Waals surface area contributed by atoms with Crippen molar-refractivity contribution in [3.8, 4) is 11.5 Å². The van der Waals surface area contributed by atoms with Gasteiger partial charge in [-0.15, -0.1) is 0 Å². The van der Waals surface area contributed by atoms with Crippen LogP contribution in [0.15, 0.2) is 36.4 Å². The van der Waals surface area contributed by atoms with E-state index in [1.54, 1.807) is 12.1 Å². The first kappa shape index (κ1) is 19.5. The van der Waals surface area contributed by atoms with E-state index in [-0.39, 0.29) is 35.2 Å². The summed E-state index contributed by atoms with van der Waals surface area (Å²) in [5.41, 5.74) is 3.41. The minimum atomic E-state index is -0.197. The van der Waals surface area contributed by atoms with Crippen LogP contribution in [0.1, 0.15) is 65.3 Å². The number of carbonyl (C=O) groups excluding carboxylic acids is 2. The summed E-state index contributed by atoms with van der Waals surface area (Å²) in [7, 11) is 1.44. The maximum Gasteiger partial charge on any atom is 0.309 e. The Labute approximate surface area is 170 Å². The molecule has 2 unspecified atom stereocenters. The molecule has 5 heteroatoms. The van der Waals surface area contributed by atoms with E-state index in [1.165, 1.54) is 13.2 Å². The predicted octanol–water partition coefficient (Wildman–Crippen LogP) is 4.57. The molecule has 1 fully saturated rings. The Bertz CT molecular complexity index is 931. The normalized spacial score (nSPS) is 20.1. The maximum atomic E-state index is 12.2. The summed E-state index contributed by atoms with van der Waals surface area (Å²) < 4.78 is 11.3. The van der Waals surface area contributed by atoms with E-state index in [4.69, 9.17) is 9.47 Å². The number of phenols is 1. The number of esters is 1. The first-order chi connectivity index (χ1) is 14.0. The molecule has 5 nitrogen and oxygen atoms in total. The van der Waals surface area contributed by atoms with Crippen molar-refractivity contribution in [1.29, 1.82) is 0 Å². The molecule has 1 N–H and O–H groups in total. The van der Waals surface area contributed by atoms with Crippen LogP contribution in [0.5, 0.6) is 11.5 Å². The van der Waals surface area contributed by atoms with Gasteiger partial charge in [-0.25, -0.2) is 0 Å². The van der Waals surface area contributed by atoms with E-state index < -0.39 is 0 Å². The zero-order chi connectivity index (χ0) is 20.5. The number of hydrogen-bond acceptors (Lipinski definition) is 5. The van der Waals surface area contributed by atoms with E-state index in [0.717, 1.165) is 48.1 Å². The number of rotatable bonds is 6. The zero-order valence-electron chi connectivity index (χ0n) is 16.8. The summed E-state index contributed by atoms with van der Waals surface area (Å²) in [6, 6.07) is 11.3. The lowest BCUT2D eigenvalue weighted by Gasteiger charge is -2.29. The highest BCUT2D eigenvalue weighted by Gasteiger charge is 2.39. The summed E-state index contributed by atoms with van der Waals surface area (Å²) >= 11 is 0. The van der Waals surface area contributed by atoms with Crippen LogP contribution in [-0.2, 0) is 16.0 Å². The Kier molecular flexibility index (Phi) is 5.31.